The van der Waals surface area contributed by atoms with Crippen molar-refractivity contribution < 1.29 is 17.6 Å². The summed E-state index contributed by atoms with van der Waals surface area (Å²) in [6.07, 6.45) is 0. The van der Waals surface area contributed by atoms with E-state index in [-0.39, 0.29) is 22.4 Å². The minimum absolute atomic E-state index is 0.0653. The van der Waals surface area contributed by atoms with Crippen molar-refractivity contribution in [1.82, 2.24) is 0 Å². The summed E-state index contributed by atoms with van der Waals surface area (Å²) in [6.45, 7) is 1.73. The first-order valence-corrected chi connectivity index (χ1v) is 12.3. The summed E-state index contributed by atoms with van der Waals surface area (Å²) in [5.74, 6) is 0.289. The third kappa shape index (κ3) is 6.46. The predicted molar refractivity (Wildman–Crippen MR) is 125 cm³/mol. The molecule has 9 heteroatoms. The Kier molecular flexibility index (Phi) is 7.59. The Labute approximate surface area is 190 Å². The van der Waals surface area contributed by atoms with Gasteiger partial charge in [-0.1, -0.05) is 29.8 Å². The molecular formula is C22H20ClFN2O3S2. The molecule has 0 saturated heterocycles. The highest BCUT2D eigenvalue weighted by molar-refractivity contribution is 7.99. The zero-order valence-electron chi connectivity index (χ0n) is 16.6. The molecule has 31 heavy (non-hydrogen) atoms. The molecule has 0 spiro atoms. The van der Waals surface area contributed by atoms with Gasteiger partial charge in [0.1, 0.15) is 5.82 Å². The zero-order chi connectivity index (χ0) is 22.4. The minimum atomic E-state index is -3.80. The van der Waals surface area contributed by atoms with Gasteiger partial charge < -0.3 is 5.32 Å². The van der Waals surface area contributed by atoms with Gasteiger partial charge in [-0.05, 0) is 66.6 Å². The Hall–Kier alpha value is -2.55. The Bertz CT molecular complexity index is 1170. The number of thioether (sulfide) groups is 1. The number of nitrogens with one attached hydrogen (secondary N) is 2. The van der Waals surface area contributed by atoms with Gasteiger partial charge in [-0.25, -0.2) is 12.8 Å². The van der Waals surface area contributed by atoms with Crippen LogP contribution in [0.5, 0.6) is 0 Å². The van der Waals surface area contributed by atoms with Crippen molar-refractivity contribution in [2.45, 2.75) is 17.6 Å². The minimum Gasteiger partial charge on any atom is -0.325 e. The predicted octanol–water partition coefficient (Wildman–Crippen LogP) is 5.46. The molecule has 0 heterocycles. The first-order valence-electron chi connectivity index (χ1n) is 9.24. The Morgan fingerprint density at radius 1 is 1.03 bits per heavy atom. The molecule has 0 saturated carbocycles. The average molecular weight is 479 g/mol. The SMILES string of the molecule is Cc1c(Cl)cccc1NS(=O)(=O)c1ccc(NC(=O)CSCc2ccc(F)cc2)cc1. The maximum atomic E-state index is 12.9. The van der Waals surface area contributed by atoms with Gasteiger partial charge in [-0.15, -0.1) is 11.8 Å². The first-order chi connectivity index (χ1) is 14.7. The summed E-state index contributed by atoms with van der Waals surface area (Å²) in [6, 6.07) is 17.0. The Morgan fingerprint density at radius 2 is 1.71 bits per heavy atom. The molecule has 2 N–H and O–H groups in total. The molecular weight excluding hydrogens is 459 g/mol. The highest BCUT2D eigenvalue weighted by Gasteiger charge is 2.16. The number of halogens is 2. The van der Waals surface area contributed by atoms with Crippen LogP contribution in [-0.4, -0.2) is 20.1 Å². The largest absolute Gasteiger partial charge is 0.325 e. The number of rotatable bonds is 8. The summed E-state index contributed by atoms with van der Waals surface area (Å²) in [5, 5.41) is 3.20. The Morgan fingerprint density at radius 3 is 2.39 bits per heavy atom. The third-order valence-corrected chi connectivity index (χ3v) is 7.17. The molecule has 0 aliphatic heterocycles. The molecule has 1 amide bonds. The topological polar surface area (TPSA) is 75.3 Å². The van der Waals surface area contributed by atoms with Crippen LogP contribution in [0.1, 0.15) is 11.1 Å². The maximum absolute atomic E-state index is 12.9. The second-order valence-electron chi connectivity index (χ2n) is 6.71. The van der Waals surface area contributed by atoms with Crippen LogP contribution in [0.4, 0.5) is 15.8 Å². The number of amides is 1. The lowest BCUT2D eigenvalue weighted by atomic mass is 10.2. The molecule has 0 atom stereocenters. The van der Waals surface area contributed by atoms with Gasteiger partial charge in [0.15, 0.2) is 0 Å². The molecule has 0 fully saturated rings. The fraction of sp³-hybridized carbons (Fsp3) is 0.136. The smallest absolute Gasteiger partial charge is 0.261 e. The second-order valence-corrected chi connectivity index (χ2v) is 9.78. The van der Waals surface area contributed by atoms with E-state index < -0.39 is 10.0 Å². The average Bonchev–Trinajstić information content (AvgIpc) is 2.73. The molecule has 0 bridgehead atoms. The van der Waals surface area contributed by atoms with E-state index in [0.29, 0.717) is 27.7 Å². The van der Waals surface area contributed by atoms with E-state index in [2.05, 4.69) is 10.0 Å². The maximum Gasteiger partial charge on any atom is 0.261 e. The van der Waals surface area contributed by atoms with E-state index >= 15 is 0 Å². The summed E-state index contributed by atoms with van der Waals surface area (Å²) in [4.78, 5) is 12.2. The number of hydrogen-bond acceptors (Lipinski definition) is 4. The highest BCUT2D eigenvalue weighted by Crippen LogP contribution is 2.26. The van der Waals surface area contributed by atoms with Crippen LogP contribution in [0.2, 0.25) is 5.02 Å². The van der Waals surface area contributed by atoms with Crippen LogP contribution < -0.4 is 10.0 Å². The number of carbonyl (C=O) groups is 1. The molecule has 0 unspecified atom stereocenters. The van der Waals surface area contributed by atoms with Crippen molar-refractivity contribution in [3.63, 3.8) is 0 Å². The monoisotopic (exact) mass is 478 g/mol. The van der Waals surface area contributed by atoms with Crippen molar-refractivity contribution in [2.24, 2.45) is 0 Å². The van der Waals surface area contributed by atoms with Crippen molar-refractivity contribution in [2.75, 3.05) is 15.8 Å². The van der Waals surface area contributed by atoms with Crippen molar-refractivity contribution in [3.05, 3.63) is 88.7 Å². The van der Waals surface area contributed by atoms with E-state index in [1.807, 2.05) is 0 Å². The molecule has 3 rings (SSSR count). The molecule has 3 aromatic carbocycles. The third-order valence-electron chi connectivity index (χ3n) is 4.38. The normalized spacial score (nSPS) is 11.2. The van der Waals surface area contributed by atoms with Gasteiger partial charge in [0.25, 0.3) is 10.0 Å². The summed E-state index contributed by atoms with van der Waals surface area (Å²) < 4.78 is 40.7. The molecule has 5 nitrogen and oxygen atoms in total. The molecule has 0 aliphatic rings. The summed E-state index contributed by atoms with van der Waals surface area (Å²) >= 11 is 7.44. The number of hydrogen-bond donors (Lipinski definition) is 2. The van der Waals surface area contributed by atoms with E-state index in [4.69, 9.17) is 11.6 Å². The molecule has 3 aromatic rings. The lowest BCUT2D eigenvalue weighted by Crippen LogP contribution is -2.15. The number of benzene rings is 3. The van der Waals surface area contributed by atoms with Gasteiger partial charge in [0.05, 0.1) is 16.3 Å². The van der Waals surface area contributed by atoms with Crippen LogP contribution in [0.15, 0.2) is 71.6 Å². The summed E-state index contributed by atoms with van der Waals surface area (Å²) in [7, 11) is -3.80. The number of carbonyl (C=O) groups excluding carboxylic acids is 1. The van der Waals surface area contributed by atoms with E-state index in [1.165, 1.54) is 48.2 Å². The standard InChI is InChI=1S/C22H20ClFN2O3S2/c1-15-20(23)3-2-4-21(15)26-31(28,29)19-11-9-18(10-12-19)25-22(27)14-30-13-16-5-7-17(24)8-6-16/h2-12,26H,13-14H2,1H3,(H,25,27). The zero-order valence-corrected chi connectivity index (χ0v) is 19.0. The van der Waals surface area contributed by atoms with Crippen molar-refractivity contribution >= 4 is 50.7 Å². The highest BCUT2D eigenvalue weighted by atomic mass is 35.5. The van der Waals surface area contributed by atoms with E-state index in [1.54, 1.807) is 37.3 Å². The first kappa shape index (κ1) is 23.1. The van der Waals surface area contributed by atoms with Gasteiger partial charge in [-0.3, -0.25) is 9.52 Å². The van der Waals surface area contributed by atoms with Crippen LogP contribution in [0.3, 0.4) is 0 Å². The molecule has 0 aromatic heterocycles. The van der Waals surface area contributed by atoms with E-state index in [0.717, 1.165) is 5.56 Å². The quantitative estimate of drug-likeness (QED) is 0.450. The van der Waals surface area contributed by atoms with Crippen molar-refractivity contribution in [1.29, 1.82) is 0 Å². The van der Waals surface area contributed by atoms with Gasteiger partial charge in [0.2, 0.25) is 5.91 Å². The van der Waals surface area contributed by atoms with Crippen molar-refractivity contribution in [3.8, 4) is 0 Å². The fourth-order valence-electron chi connectivity index (χ4n) is 2.68. The number of sulfonamides is 1. The summed E-state index contributed by atoms with van der Waals surface area (Å²) in [5.41, 5.74) is 2.46. The fourth-order valence-corrected chi connectivity index (χ4v) is 4.76. The molecule has 0 radical (unpaired) electrons. The lowest BCUT2D eigenvalue weighted by molar-refractivity contribution is -0.113. The molecule has 162 valence electrons. The lowest BCUT2D eigenvalue weighted by Gasteiger charge is -2.12. The van der Waals surface area contributed by atoms with Gasteiger partial charge in [0, 0.05) is 16.5 Å². The van der Waals surface area contributed by atoms with Crippen LogP contribution in [0.25, 0.3) is 0 Å². The second kappa shape index (κ2) is 10.2. The van der Waals surface area contributed by atoms with Gasteiger partial charge in [-0.2, -0.15) is 0 Å². The number of anilines is 2. The van der Waals surface area contributed by atoms with Crippen LogP contribution in [0, 0.1) is 12.7 Å². The van der Waals surface area contributed by atoms with Crippen LogP contribution >= 0.6 is 23.4 Å². The van der Waals surface area contributed by atoms with Gasteiger partial charge >= 0.3 is 0 Å². The molecule has 0 aliphatic carbocycles. The van der Waals surface area contributed by atoms with E-state index in [9.17, 15) is 17.6 Å². The van der Waals surface area contributed by atoms with Crippen LogP contribution in [-0.2, 0) is 20.6 Å². The Balaban J connectivity index is 1.55.